The Bertz CT molecular complexity index is 3110. The molecule has 99 heavy (non-hydrogen) atoms. The van der Waals surface area contributed by atoms with E-state index in [2.05, 4.69) is 60.8 Å². The molecule has 3 heterocycles. The molecule has 0 spiro atoms. The van der Waals surface area contributed by atoms with E-state index in [-0.39, 0.29) is 140 Å². The van der Waals surface area contributed by atoms with Gasteiger partial charge in [-0.3, -0.25) is 48.1 Å². The zero-order chi connectivity index (χ0) is 73.6. The number of nitrogens with two attached hydrogens (primary N) is 1. The number of primary amides is 1. The normalized spacial score (nSPS) is 16.7. The molecule has 0 bridgehead atoms. The molecule has 2 aliphatic rings. The number of unbranched alkanes of at least 4 members (excludes halogenated alkanes) is 2. The van der Waals surface area contributed by atoms with Crippen molar-refractivity contribution in [3.63, 3.8) is 0 Å². The largest absolute Gasteiger partial charge is 0.445 e. The fourth-order valence-corrected chi connectivity index (χ4v) is 13.7. The highest BCUT2D eigenvalue weighted by atomic mass is 32.1. The van der Waals surface area contributed by atoms with Gasteiger partial charge < -0.3 is 50.6 Å². The summed E-state index contributed by atoms with van der Waals surface area (Å²) in [7, 11) is 6.59. The van der Waals surface area contributed by atoms with E-state index in [0.29, 0.717) is 62.2 Å². The van der Waals surface area contributed by atoms with Crippen LogP contribution in [0.2, 0.25) is 0 Å². The summed E-state index contributed by atoms with van der Waals surface area (Å²) in [6.07, 6.45) is 9.21. The molecule has 0 aliphatic carbocycles. The van der Waals surface area contributed by atoms with Gasteiger partial charge in [-0.1, -0.05) is 125 Å². The number of amides is 9. The van der Waals surface area contributed by atoms with Gasteiger partial charge in [0, 0.05) is 128 Å². The standard InChI is InChI=1S/C42H64N6O9.C33H49N3O5S/c1-26(2)29(7)23-34(50)39(28(5)6)47(8)42(56)57-25-30-15-17-32(18-16-30)45-40(54)31(13-12-21-44-41(43)55)24-33(49)38(27(3)4)46-35(51)14-10-9-11-22-48-36(52)19-20-37(48)53;1-8-22(2)31(35(5)24(4)37)29(40-6)21-30(39)36-17-12-15-27(36)32(41-7)23(3)28(38)20-26(33-34-16-18-42-33)19-25-13-10-9-11-14-25/h15-20,26-29,31,38-39H,9-14,21-25H2,1-8H3,(H,45,54)(H,46,51)(H3,43,44,55);9-11,13-14,16,18,22-23,26-27,29,31-32H,8,12,15,17,19-21H2,1-7H3/t29-,31+,38-,39-;22-,23-,26+,27-,29+,31-,32+/m00/s1. The molecule has 3 aromatic rings. The van der Waals surface area contributed by atoms with Gasteiger partial charge in [-0.15, -0.1) is 11.3 Å². The van der Waals surface area contributed by atoms with Crippen LogP contribution in [0.3, 0.4) is 0 Å². The van der Waals surface area contributed by atoms with Crippen molar-refractivity contribution in [2.24, 2.45) is 47.2 Å². The second kappa shape index (κ2) is 42.4. The molecular weight excluding hydrogens is 1280 g/mol. The highest BCUT2D eigenvalue weighted by molar-refractivity contribution is 7.09. The number of aromatic nitrogens is 1. The number of methoxy groups -OCH3 is 2. The van der Waals surface area contributed by atoms with E-state index in [4.69, 9.17) is 19.9 Å². The molecule has 1 saturated heterocycles. The third kappa shape index (κ3) is 26.7. The van der Waals surface area contributed by atoms with Crippen LogP contribution in [0.25, 0.3) is 0 Å². The average Bonchev–Trinajstić information content (AvgIpc) is 1.78. The maximum Gasteiger partial charge on any atom is 0.410 e. The van der Waals surface area contributed by atoms with Crippen LogP contribution in [0.4, 0.5) is 15.3 Å². The van der Waals surface area contributed by atoms with Crippen molar-refractivity contribution in [1.82, 2.24) is 35.2 Å². The average molecular weight is 1400 g/mol. The number of ether oxygens (including phenoxy) is 3. The molecule has 9 amide bonds. The first kappa shape index (κ1) is 83.7. The molecule has 2 aromatic carbocycles. The lowest BCUT2D eigenvalue weighted by atomic mass is 9.85. The summed E-state index contributed by atoms with van der Waals surface area (Å²) >= 11 is 1.58. The Morgan fingerprint density at radius 3 is 1.97 bits per heavy atom. The summed E-state index contributed by atoms with van der Waals surface area (Å²) in [4.78, 5) is 151. The van der Waals surface area contributed by atoms with Crippen molar-refractivity contribution in [3.8, 4) is 0 Å². The minimum Gasteiger partial charge on any atom is -0.445 e. The number of nitrogens with one attached hydrogen (secondary N) is 3. The van der Waals surface area contributed by atoms with Gasteiger partial charge in [-0.25, -0.2) is 14.6 Å². The van der Waals surface area contributed by atoms with Crippen LogP contribution in [0.15, 0.2) is 78.3 Å². The smallest absolute Gasteiger partial charge is 0.410 e. The third-order valence-electron chi connectivity index (χ3n) is 19.3. The van der Waals surface area contributed by atoms with Crippen LogP contribution in [0, 0.1) is 41.4 Å². The number of thiazole rings is 1. The van der Waals surface area contributed by atoms with E-state index < -0.39 is 48.2 Å². The topological polar surface area (TPSA) is 303 Å². The number of rotatable bonds is 41. The van der Waals surface area contributed by atoms with E-state index in [0.717, 1.165) is 35.6 Å². The van der Waals surface area contributed by atoms with E-state index in [1.165, 1.54) is 22.6 Å². The van der Waals surface area contributed by atoms with Gasteiger partial charge in [0.05, 0.1) is 47.8 Å². The van der Waals surface area contributed by atoms with Gasteiger partial charge in [0.1, 0.15) is 12.4 Å². The SMILES string of the molecule is CC(C)[C@H](NC(=O)CCCCCN1C(=O)C=CC1=O)C(=O)C[C@@H](CCCNC(N)=O)C(=O)Nc1ccc(COC(=O)N(C)[C@H](C(=O)C[C@H](C)C(C)C)C(C)C)cc1.CC[C@H](C)[C@@H]([C@@H](CC(=O)N1CCC[C@H]1[C@H](OC)[C@@H](C)C(=O)C[C@@H](Cc1ccccc1)c1nccs1)OC)N(C)C(C)=O. The Labute approximate surface area is 591 Å². The van der Waals surface area contributed by atoms with E-state index in [9.17, 15) is 52.7 Å². The van der Waals surface area contributed by atoms with Gasteiger partial charge >= 0.3 is 12.1 Å². The molecule has 5 N–H and O–H groups in total. The van der Waals surface area contributed by atoms with Crippen LogP contribution in [-0.4, -0.2) is 174 Å². The maximum absolute atomic E-state index is 13.8. The number of likely N-dealkylation sites (tertiary alicyclic amines) is 1. The fourth-order valence-electron chi connectivity index (χ4n) is 12.9. The summed E-state index contributed by atoms with van der Waals surface area (Å²) in [5.74, 6) is -2.55. The first-order chi connectivity index (χ1) is 46.9. The molecule has 0 saturated carbocycles. The second-order valence-corrected chi connectivity index (χ2v) is 28.6. The number of imide groups is 1. The number of hydrogen-bond donors (Lipinski definition) is 4. The molecule has 0 unspecified atom stereocenters. The molecule has 0 radical (unpaired) electrons. The summed E-state index contributed by atoms with van der Waals surface area (Å²) in [6, 6.07) is 14.3. The molecule has 2 aliphatic heterocycles. The summed E-state index contributed by atoms with van der Waals surface area (Å²) < 4.78 is 17.4. The van der Waals surface area contributed by atoms with E-state index in [1.54, 1.807) is 95.8 Å². The number of nitrogens with zero attached hydrogens (tertiary/aromatic N) is 5. The Kier molecular flexibility index (Phi) is 35.9. The Balaban J connectivity index is 0.000000439. The van der Waals surface area contributed by atoms with Gasteiger partial charge in [-0.2, -0.15) is 0 Å². The van der Waals surface area contributed by atoms with Crippen LogP contribution in [-0.2, 0) is 70.4 Å². The van der Waals surface area contributed by atoms with Crippen molar-refractivity contribution in [2.45, 2.75) is 215 Å². The number of anilines is 1. The highest BCUT2D eigenvalue weighted by Crippen LogP contribution is 2.34. The number of Topliss-reactive ketones (excluding diaryl/α,β-unsaturated/α-hetero) is 3. The molecule has 23 nitrogen and oxygen atoms in total. The minimum absolute atomic E-state index is 0.00550. The van der Waals surface area contributed by atoms with Crippen molar-refractivity contribution in [1.29, 1.82) is 0 Å². The van der Waals surface area contributed by atoms with E-state index in [1.807, 2.05) is 56.2 Å². The third-order valence-corrected chi connectivity index (χ3v) is 20.3. The number of carbonyl (C=O) groups is 11. The van der Waals surface area contributed by atoms with Crippen LogP contribution >= 0.6 is 11.3 Å². The first-order valence-electron chi connectivity index (χ1n) is 35.2. The summed E-state index contributed by atoms with van der Waals surface area (Å²) in [6.45, 7) is 22.3. The predicted octanol–water partition coefficient (Wildman–Crippen LogP) is 10.5. The molecule has 11 atom stereocenters. The number of carbonyl (C=O) groups excluding carboxylic acids is 11. The van der Waals surface area contributed by atoms with Crippen LogP contribution in [0.1, 0.15) is 182 Å². The Morgan fingerprint density at radius 1 is 0.737 bits per heavy atom. The lowest BCUT2D eigenvalue weighted by Gasteiger charge is -2.39. The monoisotopic (exact) mass is 1400 g/mol. The Morgan fingerprint density at radius 2 is 1.40 bits per heavy atom. The van der Waals surface area contributed by atoms with Crippen molar-refractivity contribution >= 4 is 81.9 Å². The van der Waals surface area contributed by atoms with Crippen molar-refractivity contribution in [3.05, 3.63) is 94.5 Å². The first-order valence-corrected chi connectivity index (χ1v) is 36.1. The molecule has 24 heteroatoms. The molecular formula is C75H113N9O14S. The molecule has 5 rings (SSSR count). The van der Waals surface area contributed by atoms with E-state index >= 15 is 0 Å². The lowest BCUT2D eigenvalue weighted by Crippen LogP contribution is -2.52. The number of likely N-dealkylation sites (N-methyl/N-ethyl adjacent to an activating group) is 2. The zero-order valence-corrected chi connectivity index (χ0v) is 62.1. The lowest BCUT2D eigenvalue weighted by molar-refractivity contribution is -0.145. The van der Waals surface area contributed by atoms with Crippen LogP contribution in [0.5, 0.6) is 0 Å². The van der Waals surface area contributed by atoms with Gasteiger partial charge in [0.2, 0.25) is 23.6 Å². The number of urea groups is 1. The number of ketones is 3. The number of hydrogen-bond acceptors (Lipinski definition) is 16. The maximum atomic E-state index is 13.8. The molecule has 1 aromatic heterocycles. The van der Waals surface area contributed by atoms with Gasteiger partial charge in [0.15, 0.2) is 11.6 Å². The van der Waals surface area contributed by atoms with Gasteiger partial charge in [-0.05, 0) is 97.8 Å². The number of benzene rings is 2. The van der Waals surface area contributed by atoms with Crippen LogP contribution < -0.4 is 21.7 Å². The second-order valence-electron chi connectivity index (χ2n) is 27.7. The quantitative estimate of drug-likeness (QED) is 0.0303. The summed E-state index contributed by atoms with van der Waals surface area (Å²) in [5.41, 5.74) is 7.47. The summed E-state index contributed by atoms with van der Waals surface area (Å²) in [5, 5.41) is 11.1. The highest BCUT2D eigenvalue weighted by Gasteiger charge is 2.43. The molecule has 1 fully saturated rings. The van der Waals surface area contributed by atoms with Gasteiger partial charge in [0.25, 0.3) is 11.8 Å². The Hall–Kier alpha value is -7.70. The van der Waals surface area contributed by atoms with Crippen molar-refractivity contribution < 1.29 is 67.0 Å². The minimum atomic E-state index is -0.832. The fraction of sp³-hybridized carbons (Fsp3) is 0.627. The molecule has 548 valence electrons. The zero-order valence-electron chi connectivity index (χ0n) is 61.3. The van der Waals surface area contributed by atoms with Crippen molar-refractivity contribution in [2.75, 3.05) is 53.3 Å². The predicted molar refractivity (Wildman–Crippen MR) is 383 cm³/mol.